The number of hydrogen-bond acceptors (Lipinski definition) is 5. The zero-order valence-corrected chi connectivity index (χ0v) is 18.7. The van der Waals surface area contributed by atoms with Gasteiger partial charge in [0, 0.05) is 29.3 Å². The molecule has 0 aliphatic carbocycles. The van der Waals surface area contributed by atoms with Crippen LogP contribution in [0, 0.1) is 6.92 Å². The van der Waals surface area contributed by atoms with Gasteiger partial charge in [-0.3, -0.25) is 0 Å². The number of aromatic nitrogens is 2. The van der Waals surface area contributed by atoms with E-state index in [1.807, 2.05) is 43.5 Å². The van der Waals surface area contributed by atoms with Gasteiger partial charge in [-0.1, -0.05) is 18.2 Å². The van der Waals surface area contributed by atoms with E-state index in [-0.39, 0.29) is 0 Å². The van der Waals surface area contributed by atoms with Crippen molar-refractivity contribution in [2.45, 2.75) is 13.5 Å². The van der Waals surface area contributed by atoms with Gasteiger partial charge >= 0.3 is 0 Å². The predicted molar refractivity (Wildman–Crippen MR) is 124 cm³/mol. The van der Waals surface area contributed by atoms with E-state index in [4.69, 9.17) is 14.5 Å². The van der Waals surface area contributed by atoms with Crippen molar-refractivity contribution < 1.29 is 9.47 Å². The summed E-state index contributed by atoms with van der Waals surface area (Å²) in [5, 5.41) is 4.46. The maximum Gasteiger partial charge on any atom is 0.215 e. The second kappa shape index (κ2) is 8.71. The molecule has 0 atom stereocenters. The van der Waals surface area contributed by atoms with Crippen molar-refractivity contribution in [2.24, 2.45) is 0 Å². The lowest BCUT2D eigenvalue weighted by Gasteiger charge is -2.11. The minimum absolute atomic E-state index is 0.650. The van der Waals surface area contributed by atoms with Gasteiger partial charge in [0.2, 0.25) is 5.88 Å². The number of benzene rings is 2. The number of fused-ring (bicyclic) bond motifs is 1. The molecule has 6 heteroatoms. The highest BCUT2D eigenvalue weighted by atomic mass is 79.9. The van der Waals surface area contributed by atoms with Gasteiger partial charge in [0.05, 0.1) is 24.2 Å². The number of anilines is 1. The molecular weight excluding hydrogens is 442 g/mol. The first kappa shape index (κ1) is 20.2. The zero-order valence-electron chi connectivity index (χ0n) is 17.1. The first-order chi connectivity index (χ1) is 14.6. The van der Waals surface area contributed by atoms with Crippen molar-refractivity contribution in [3.05, 3.63) is 76.4 Å². The fourth-order valence-electron chi connectivity index (χ4n) is 3.32. The van der Waals surface area contributed by atoms with Crippen LogP contribution in [-0.4, -0.2) is 24.2 Å². The van der Waals surface area contributed by atoms with Crippen LogP contribution in [0.25, 0.3) is 22.0 Å². The van der Waals surface area contributed by atoms with E-state index in [1.165, 1.54) is 0 Å². The Morgan fingerprint density at radius 2 is 1.73 bits per heavy atom. The molecule has 2 aromatic carbocycles. The van der Waals surface area contributed by atoms with Crippen LogP contribution in [0.5, 0.6) is 11.6 Å². The summed E-state index contributed by atoms with van der Waals surface area (Å²) in [6.07, 6.45) is 1.83. The van der Waals surface area contributed by atoms with Crippen molar-refractivity contribution >= 4 is 32.7 Å². The third-order valence-electron chi connectivity index (χ3n) is 4.94. The van der Waals surface area contributed by atoms with E-state index < -0.39 is 0 Å². The summed E-state index contributed by atoms with van der Waals surface area (Å²) in [4.78, 5) is 9.17. The summed E-state index contributed by atoms with van der Waals surface area (Å²) in [5.41, 5.74) is 5.23. The molecule has 152 valence electrons. The largest absolute Gasteiger partial charge is 0.497 e. The molecule has 4 rings (SSSR count). The molecule has 0 saturated carbocycles. The molecule has 0 bridgehead atoms. The van der Waals surface area contributed by atoms with Gasteiger partial charge in [-0.25, -0.2) is 9.97 Å². The number of aryl methyl sites for hydroxylation is 1. The molecule has 0 spiro atoms. The van der Waals surface area contributed by atoms with Crippen LogP contribution in [0.15, 0.2) is 65.3 Å². The number of nitrogens with one attached hydrogen (secondary N) is 1. The Kier molecular flexibility index (Phi) is 5.86. The quantitative estimate of drug-likeness (QED) is 0.380. The molecule has 30 heavy (non-hydrogen) atoms. The second-order valence-electron chi connectivity index (χ2n) is 6.98. The zero-order chi connectivity index (χ0) is 21.1. The summed E-state index contributed by atoms with van der Waals surface area (Å²) in [5.74, 6) is 2.31. The first-order valence-electron chi connectivity index (χ1n) is 9.55. The fraction of sp³-hybridized carbons (Fsp3) is 0.167. The van der Waals surface area contributed by atoms with Crippen LogP contribution in [0.2, 0.25) is 0 Å². The first-order valence-corrected chi connectivity index (χ1v) is 10.3. The molecule has 0 radical (unpaired) electrons. The molecule has 0 aliphatic rings. The summed E-state index contributed by atoms with van der Waals surface area (Å²) in [6, 6.07) is 18.4. The maximum absolute atomic E-state index is 5.26. The van der Waals surface area contributed by atoms with Gasteiger partial charge in [-0.15, -0.1) is 0 Å². The Balaban J connectivity index is 1.58. The average Bonchev–Trinajstić information content (AvgIpc) is 2.77. The van der Waals surface area contributed by atoms with Gasteiger partial charge in [0.1, 0.15) is 11.6 Å². The third kappa shape index (κ3) is 4.24. The summed E-state index contributed by atoms with van der Waals surface area (Å²) < 4.78 is 11.4. The van der Waals surface area contributed by atoms with Crippen molar-refractivity contribution in [2.75, 3.05) is 19.5 Å². The molecule has 0 saturated heterocycles. The van der Waals surface area contributed by atoms with E-state index in [0.717, 1.165) is 49.2 Å². The van der Waals surface area contributed by atoms with Crippen molar-refractivity contribution in [1.82, 2.24) is 9.97 Å². The summed E-state index contributed by atoms with van der Waals surface area (Å²) >= 11 is 3.65. The number of pyridine rings is 2. The molecule has 0 aliphatic heterocycles. The summed E-state index contributed by atoms with van der Waals surface area (Å²) in [7, 11) is 3.30. The van der Waals surface area contributed by atoms with Crippen LogP contribution in [0.3, 0.4) is 0 Å². The molecule has 2 aromatic heterocycles. The van der Waals surface area contributed by atoms with Crippen LogP contribution >= 0.6 is 15.9 Å². The maximum atomic E-state index is 5.26. The van der Waals surface area contributed by atoms with Crippen LogP contribution in [-0.2, 0) is 6.54 Å². The molecule has 2 heterocycles. The fourth-order valence-corrected chi connectivity index (χ4v) is 3.79. The summed E-state index contributed by atoms with van der Waals surface area (Å²) in [6.45, 7) is 2.67. The minimum atomic E-state index is 0.650. The van der Waals surface area contributed by atoms with Gasteiger partial charge < -0.3 is 14.8 Å². The molecule has 0 fully saturated rings. The lowest BCUT2D eigenvalue weighted by molar-refractivity contribution is 0.394. The topological polar surface area (TPSA) is 56.3 Å². The number of nitrogens with zero attached hydrogens (tertiary/aromatic N) is 2. The Bertz CT molecular complexity index is 1190. The lowest BCUT2D eigenvalue weighted by atomic mass is 10.0. The van der Waals surface area contributed by atoms with Gasteiger partial charge in [-0.2, -0.15) is 0 Å². The van der Waals surface area contributed by atoms with Crippen molar-refractivity contribution in [3.63, 3.8) is 0 Å². The van der Waals surface area contributed by atoms with Crippen LogP contribution < -0.4 is 14.8 Å². The Morgan fingerprint density at radius 3 is 2.43 bits per heavy atom. The molecular formula is C24H22BrN3O2. The molecule has 5 nitrogen and oxygen atoms in total. The molecule has 4 aromatic rings. The normalized spacial score (nSPS) is 10.8. The Morgan fingerprint density at radius 1 is 0.933 bits per heavy atom. The molecule has 0 amide bonds. The molecule has 1 N–H and O–H groups in total. The van der Waals surface area contributed by atoms with Gasteiger partial charge in [0.15, 0.2) is 0 Å². The van der Waals surface area contributed by atoms with E-state index in [1.54, 1.807) is 14.2 Å². The smallest absolute Gasteiger partial charge is 0.215 e. The monoisotopic (exact) mass is 463 g/mol. The van der Waals surface area contributed by atoms with E-state index in [0.29, 0.717) is 12.4 Å². The number of halogens is 1. The number of hydrogen-bond donors (Lipinski definition) is 1. The lowest BCUT2D eigenvalue weighted by Crippen LogP contribution is -2.02. The highest BCUT2D eigenvalue weighted by molar-refractivity contribution is 9.10. The molecule has 0 unspecified atom stereocenters. The van der Waals surface area contributed by atoms with E-state index in [2.05, 4.69) is 50.5 Å². The second-order valence-corrected chi connectivity index (χ2v) is 7.83. The standard InChI is InChI=1S/C24H22BrN3O2/c1-15-10-19(14-27-24(15)30-3)17-6-9-22-18(11-17)12-21(25)23(28-22)26-13-16-4-7-20(29-2)8-5-16/h4-12,14H,13H2,1-3H3,(H,26,28). The van der Waals surface area contributed by atoms with Crippen molar-refractivity contribution in [3.8, 4) is 22.8 Å². The van der Waals surface area contributed by atoms with E-state index >= 15 is 0 Å². The van der Waals surface area contributed by atoms with Crippen LogP contribution in [0.1, 0.15) is 11.1 Å². The highest BCUT2D eigenvalue weighted by Crippen LogP contribution is 2.30. The number of methoxy groups -OCH3 is 2. The average molecular weight is 464 g/mol. The number of ether oxygens (including phenoxy) is 2. The number of rotatable bonds is 6. The van der Waals surface area contributed by atoms with Gasteiger partial charge in [0.25, 0.3) is 0 Å². The Hall–Kier alpha value is -3.12. The van der Waals surface area contributed by atoms with Gasteiger partial charge in [-0.05, 0) is 70.4 Å². The van der Waals surface area contributed by atoms with Crippen LogP contribution in [0.4, 0.5) is 5.82 Å². The predicted octanol–water partition coefficient (Wildman–Crippen LogP) is 6.00. The van der Waals surface area contributed by atoms with E-state index in [9.17, 15) is 0 Å². The van der Waals surface area contributed by atoms with Crippen molar-refractivity contribution in [1.29, 1.82) is 0 Å². The third-order valence-corrected chi connectivity index (χ3v) is 5.55. The highest BCUT2D eigenvalue weighted by Gasteiger charge is 2.08. The Labute approximate surface area is 184 Å². The SMILES string of the molecule is COc1ccc(CNc2nc3ccc(-c4cnc(OC)c(C)c4)cc3cc2Br)cc1. The minimum Gasteiger partial charge on any atom is -0.497 e.